The van der Waals surface area contributed by atoms with E-state index in [0.29, 0.717) is 18.5 Å². The molecule has 1 aromatic carbocycles. The second-order valence-electron chi connectivity index (χ2n) is 3.87. The fraction of sp³-hybridized carbons (Fsp3) is 0.250. The summed E-state index contributed by atoms with van der Waals surface area (Å²) in [5.74, 6) is -0.600. The number of amides is 2. The van der Waals surface area contributed by atoms with Crippen molar-refractivity contribution in [1.82, 2.24) is 0 Å². The van der Waals surface area contributed by atoms with E-state index < -0.39 is 5.91 Å². The standard InChI is InChI=1S/C12H11N3O2/c1-15(12(17)7-13)9-3-4-10-8(6-9)2-5-11(16)14-10/h3-4,6H,2,5H2,1H3,(H,14,16). The summed E-state index contributed by atoms with van der Waals surface area (Å²) in [5.41, 5.74) is 2.42. The van der Waals surface area contributed by atoms with Crippen molar-refractivity contribution < 1.29 is 9.59 Å². The Morgan fingerprint density at radius 1 is 1.47 bits per heavy atom. The third kappa shape index (κ3) is 2.11. The average molecular weight is 229 g/mol. The van der Waals surface area contributed by atoms with Gasteiger partial charge in [0.1, 0.15) is 0 Å². The topological polar surface area (TPSA) is 73.2 Å². The number of rotatable bonds is 1. The van der Waals surface area contributed by atoms with Gasteiger partial charge in [0.2, 0.25) is 5.91 Å². The number of fused-ring (bicyclic) bond motifs is 1. The molecule has 86 valence electrons. The van der Waals surface area contributed by atoms with Crippen LogP contribution in [0.5, 0.6) is 0 Å². The first-order valence-corrected chi connectivity index (χ1v) is 5.22. The van der Waals surface area contributed by atoms with Crippen LogP contribution in [0.3, 0.4) is 0 Å². The largest absolute Gasteiger partial charge is 0.329 e. The summed E-state index contributed by atoms with van der Waals surface area (Å²) in [6.45, 7) is 0. The Morgan fingerprint density at radius 2 is 2.24 bits per heavy atom. The molecule has 0 saturated carbocycles. The number of hydrogen-bond acceptors (Lipinski definition) is 3. The van der Waals surface area contributed by atoms with Gasteiger partial charge in [-0.1, -0.05) is 0 Å². The molecule has 0 fully saturated rings. The highest BCUT2D eigenvalue weighted by Gasteiger charge is 2.17. The third-order valence-electron chi connectivity index (χ3n) is 2.77. The van der Waals surface area contributed by atoms with E-state index >= 15 is 0 Å². The number of nitriles is 1. The van der Waals surface area contributed by atoms with Crippen molar-refractivity contribution in [2.24, 2.45) is 0 Å². The number of carbonyl (C=O) groups is 2. The van der Waals surface area contributed by atoms with E-state index in [2.05, 4.69) is 5.32 Å². The molecule has 2 rings (SSSR count). The molecule has 1 heterocycles. The first kappa shape index (κ1) is 11.1. The van der Waals surface area contributed by atoms with Gasteiger partial charge in [-0.25, -0.2) is 0 Å². The van der Waals surface area contributed by atoms with E-state index in [1.807, 2.05) is 6.07 Å². The first-order valence-electron chi connectivity index (χ1n) is 5.22. The predicted octanol–water partition coefficient (Wildman–Crippen LogP) is 1.06. The van der Waals surface area contributed by atoms with Crippen LogP contribution in [0.4, 0.5) is 11.4 Å². The minimum absolute atomic E-state index is 0.00621. The third-order valence-corrected chi connectivity index (χ3v) is 2.77. The van der Waals surface area contributed by atoms with Crippen LogP contribution >= 0.6 is 0 Å². The lowest BCUT2D eigenvalue weighted by molar-refractivity contribution is -0.116. The molecule has 0 atom stereocenters. The average Bonchev–Trinajstić information content (AvgIpc) is 2.36. The highest BCUT2D eigenvalue weighted by atomic mass is 16.2. The molecular weight excluding hydrogens is 218 g/mol. The Balaban J connectivity index is 2.31. The Labute approximate surface area is 98.6 Å². The molecule has 5 heteroatoms. The summed E-state index contributed by atoms with van der Waals surface area (Å²) in [6, 6.07) is 6.85. The molecule has 1 aliphatic rings. The molecule has 17 heavy (non-hydrogen) atoms. The number of nitrogens with one attached hydrogen (secondary N) is 1. The molecule has 5 nitrogen and oxygen atoms in total. The smallest absolute Gasteiger partial charge is 0.326 e. The molecule has 0 spiro atoms. The van der Waals surface area contributed by atoms with Crippen LogP contribution < -0.4 is 10.2 Å². The van der Waals surface area contributed by atoms with Gasteiger partial charge in [0.05, 0.1) is 0 Å². The molecule has 0 saturated heterocycles. The zero-order valence-corrected chi connectivity index (χ0v) is 9.36. The lowest BCUT2D eigenvalue weighted by Gasteiger charge is -2.20. The number of benzene rings is 1. The van der Waals surface area contributed by atoms with Crippen LogP contribution in [0.1, 0.15) is 12.0 Å². The first-order chi connectivity index (χ1) is 8.11. The summed E-state index contributed by atoms with van der Waals surface area (Å²) in [6.07, 6.45) is 1.11. The van der Waals surface area contributed by atoms with Gasteiger partial charge in [-0.3, -0.25) is 9.59 Å². The Morgan fingerprint density at radius 3 is 2.94 bits per heavy atom. The van der Waals surface area contributed by atoms with Crippen LogP contribution in [0.25, 0.3) is 0 Å². The number of carbonyl (C=O) groups excluding carboxylic acids is 2. The van der Waals surface area contributed by atoms with Crippen LogP contribution in [-0.2, 0) is 16.0 Å². The van der Waals surface area contributed by atoms with E-state index in [1.165, 1.54) is 4.90 Å². The van der Waals surface area contributed by atoms with Crippen molar-refractivity contribution in [3.63, 3.8) is 0 Å². The fourth-order valence-electron chi connectivity index (χ4n) is 1.77. The maximum Gasteiger partial charge on any atom is 0.329 e. The van der Waals surface area contributed by atoms with E-state index in [1.54, 1.807) is 25.2 Å². The molecule has 2 amide bonds. The fourth-order valence-corrected chi connectivity index (χ4v) is 1.77. The van der Waals surface area contributed by atoms with Crippen LogP contribution in [0, 0.1) is 11.3 Å². The lowest BCUT2D eigenvalue weighted by atomic mass is 10.0. The summed E-state index contributed by atoms with van der Waals surface area (Å²) in [7, 11) is 1.55. The lowest BCUT2D eigenvalue weighted by Crippen LogP contribution is -2.25. The van der Waals surface area contributed by atoms with Crippen LogP contribution in [0.2, 0.25) is 0 Å². The van der Waals surface area contributed by atoms with Gasteiger partial charge in [-0.05, 0) is 30.2 Å². The highest BCUT2D eigenvalue weighted by molar-refractivity contribution is 6.04. The molecule has 1 N–H and O–H groups in total. The summed E-state index contributed by atoms with van der Waals surface area (Å²) in [5, 5.41) is 11.3. The number of nitrogens with zero attached hydrogens (tertiary/aromatic N) is 2. The second-order valence-corrected chi connectivity index (χ2v) is 3.87. The summed E-state index contributed by atoms with van der Waals surface area (Å²) >= 11 is 0. The Bertz CT molecular complexity index is 531. The van der Waals surface area contributed by atoms with Crippen molar-refractivity contribution in [1.29, 1.82) is 5.26 Å². The monoisotopic (exact) mass is 229 g/mol. The Kier molecular flexibility index (Phi) is 2.79. The van der Waals surface area contributed by atoms with Gasteiger partial charge < -0.3 is 10.2 Å². The molecule has 1 aliphatic heterocycles. The summed E-state index contributed by atoms with van der Waals surface area (Å²) in [4.78, 5) is 23.7. The van der Waals surface area contributed by atoms with Gasteiger partial charge in [0.25, 0.3) is 0 Å². The van der Waals surface area contributed by atoms with E-state index in [4.69, 9.17) is 5.26 Å². The van der Waals surface area contributed by atoms with Crippen molar-refractivity contribution in [2.75, 3.05) is 17.3 Å². The molecule has 0 bridgehead atoms. The molecule has 0 aliphatic carbocycles. The zero-order valence-electron chi connectivity index (χ0n) is 9.36. The maximum absolute atomic E-state index is 11.2. The molecule has 0 radical (unpaired) electrons. The number of anilines is 2. The van der Waals surface area contributed by atoms with Gasteiger partial charge in [0.15, 0.2) is 6.07 Å². The van der Waals surface area contributed by atoms with Crippen molar-refractivity contribution in [3.05, 3.63) is 23.8 Å². The van der Waals surface area contributed by atoms with Gasteiger partial charge in [0, 0.05) is 24.8 Å². The van der Waals surface area contributed by atoms with E-state index in [0.717, 1.165) is 11.3 Å². The van der Waals surface area contributed by atoms with Gasteiger partial charge in [-0.2, -0.15) is 5.26 Å². The van der Waals surface area contributed by atoms with E-state index in [9.17, 15) is 9.59 Å². The summed E-state index contributed by atoms with van der Waals surface area (Å²) < 4.78 is 0. The normalized spacial score (nSPS) is 13.3. The molecule has 0 aromatic heterocycles. The second kappa shape index (κ2) is 4.26. The molecular formula is C12H11N3O2. The van der Waals surface area contributed by atoms with Crippen molar-refractivity contribution in [3.8, 4) is 6.07 Å². The van der Waals surface area contributed by atoms with Gasteiger partial charge in [-0.15, -0.1) is 0 Å². The van der Waals surface area contributed by atoms with Crippen molar-refractivity contribution >= 4 is 23.2 Å². The quantitative estimate of drug-likeness (QED) is 0.732. The van der Waals surface area contributed by atoms with Crippen molar-refractivity contribution in [2.45, 2.75) is 12.8 Å². The molecule has 0 unspecified atom stereocenters. The zero-order chi connectivity index (χ0) is 12.4. The highest BCUT2D eigenvalue weighted by Crippen LogP contribution is 2.27. The van der Waals surface area contributed by atoms with Crippen LogP contribution in [-0.4, -0.2) is 18.9 Å². The Hall–Kier alpha value is -2.35. The SMILES string of the molecule is CN(C(=O)C#N)c1ccc2c(c1)CCC(=O)N2. The predicted molar refractivity (Wildman–Crippen MR) is 62.4 cm³/mol. The molecule has 1 aromatic rings. The number of hydrogen-bond donors (Lipinski definition) is 1. The minimum atomic E-state index is -0.607. The van der Waals surface area contributed by atoms with E-state index in [-0.39, 0.29) is 5.91 Å². The maximum atomic E-state index is 11.2. The number of aryl methyl sites for hydroxylation is 1. The van der Waals surface area contributed by atoms with Gasteiger partial charge >= 0.3 is 5.91 Å². The minimum Gasteiger partial charge on any atom is -0.326 e. The van der Waals surface area contributed by atoms with Crippen LogP contribution in [0.15, 0.2) is 18.2 Å².